The highest BCUT2D eigenvalue weighted by molar-refractivity contribution is 5.95. The van der Waals surface area contributed by atoms with Crippen LogP contribution in [0.25, 0.3) is 11.1 Å². The van der Waals surface area contributed by atoms with Gasteiger partial charge in [0.05, 0.1) is 6.54 Å². The SMILES string of the molecule is CCCCCC(=O)N(Cc1ccc(-c2ccc(C(=O)N3CCN(C)CC3)cc2)cc1)c1cccc(F)c1. The van der Waals surface area contributed by atoms with Crippen molar-refractivity contribution in [1.29, 1.82) is 0 Å². The van der Waals surface area contributed by atoms with E-state index in [2.05, 4.69) is 18.9 Å². The highest BCUT2D eigenvalue weighted by atomic mass is 19.1. The van der Waals surface area contributed by atoms with Gasteiger partial charge in [0.15, 0.2) is 0 Å². The lowest BCUT2D eigenvalue weighted by Gasteiger charge is -2.32. The number of hydrogen-bond acceptors (Lipinski definition) is 3. The molecule has 0 bridgehead atoms. The minimum absolute atomic E-state index is 0.00346. The summed E-state index contributed by atoms with van der Waals surface area (Å²) in [7, 11) is 2.08. The van der Waals surface area contributed by atoms with Gasteiger partial charge in [-0.25, -0.2) is 4.39 Å². The zero-order chi connectivity index (χ0) is 26.2. The average molecular weight is 502 g/mol. The monoisotopic (exact) mass is 501 g/mol. The highest BCUT2D eigenvalue weighted by Crippen LogP contribution is 2.24. The molecular formula is C31H36FN3O2. The summed E-state index contributed by atoms with van der Waals surface area (Å²) in [6, 6.07) is 22.0. The van der Waals surface area contributed by atoms with Crippen molar-refractivity contribution >= 4 is 17.5 Å². The molecule has 37 heavy (non-hydrogen) atoms. The van der Waals surface area contributed by atoms with E-state index in [1.165, 1.54) is 12.1 Å². The first-order chi connectivity index (χ1) is 17.9. The van der Waals surface area contributed by atoms with Gasteiger partial charge in [-0.1, -0.05) is 62.2 Å². The first-order valence-corrected chi connectivity index (χ1v) is 13.2. The Morgan fingerprint density at radius 3 is 2.14 bits per heavy atom. The zero-order valence-corrected chi connectivity index (χ0v) is 21.8. The maximum absolute atomic E-state index is 13.9. The van der Waals surface area contributed by atoms with Gasteiger partial charge in [0.25, 0.3) is 5.91 Å². The van der Waals surface area contributed by atoms with Gasteiger partial charge in [0.1, 0.15) is 5.82 Å². The Morgan fingerprint density at radius 1 is 0.865 bits per heavy atom. The Hall–Kier alpha value is -3.51. The maximum atomic E-state index is 13.9. The normalized spacial score (nSPS) is 14.0. The van der Waals surface area contributed by atoms with Crippen molar-refractivity contribution in [2.75, 3.05) is 38.1 Å². The predicted octanol–water partition coefficient (Wildman–Crippen LogP) is 5.99. The van der Waals surface area contributed by atoms with Gasteiger partial charge >= 0.3 is 0 Å². The number of carbonyl (C=O) groups excluding carboxylic acids is 2. The van der Waals surface area contributed by atoms with Gasteiger partial charge in [0.2, 0.25) is 5.91 Å². The molecule has 2 amide bonds. The number of hydrogen-bond donors (Lipinski definition) is 0. The molecule has 1 heterocycles. The van der Waals surface area contributed by atoms with Crippen molar-refractivity contribution in [1.82, 2.24) is 9.80 Å². The number of likely N-dealkylation sites (N-methyl/N-ethyl adjacent to an activating group) is 1. The molecule has 0 aliphatic carbocycles. The lowest BCUT2D eigenvalue weighted by molar-refractivity contribution is -0.118. The van der Waals surface area contributed by atoms with Crippen LogP contribution in [-0.2, 0) is 11.3 Å². The van der Waals surface area contributed by atoms with E-state index >= 15 is 0 Å². The molecule has 4 rings (SSSR count). The van der Waals surface area contributed by atoms with Gasteiger partial charge in [-0.2, -0.15) is 0 Å². The van der Waals surface area contributed by atoms with Crippen LogP contribution in [0, 0.1) is 5.82 Å². The molecule has 6 heteroatoms. The smallest absolute Gasteiger partial charge is 0.253 e. The van der Waals surface area contributed by atoms with Gasteiger partial charge in [0, 0.05) is 43.9 Å². The van der Waals surface area contributed by atoms with Gasteiger partial charge in [-0.15, -0.1) is 0 Å². The number of anilines is 1. The maximum Gasteiger partial charge on any atom is 0.253 e. The summed E-state index contributed by atoms with van der Waals surface area (Å²) in [6.07, 6.45) is 3.31. The minimum atomic E-state index is -0.353. The number of amides is 2. The van der Waals surface area contributed by atoms with Gasteiger partial charge in [-0.3, -0.25) is 9.59 Å². The number of piperazine rings is 1. The standard InChI is InChI=1S/C31H36FN3O2/c1-3-4-5-9-30(36)35(29-8-6-7-28(32)22-29)23-24-10-12-25(13-11-24)26-14-16-27(17-15-26)31(37)34-20-18-33(2)19-21-34/h6-8,10-17,22H,3-5,9,18-21,23H2,1-2H3. The van der Waals surface area contributed by atoms with E-state index in [-0.39, 0.29) is 17.6 Å². The summed E-state index contributed by atoms with van der Waals surface area (Å²) < 4.78 is 13.9. The predicted molar refractivity (Wildman–Crippen MR) is 147 cm³/mol. The lowest BCUT2D eigenvalue weighted by atomic mass is 10.0. The van der Waals surface area contributed by atoms with E-state index < -0.39 is 0 Å². The highest BCUT2D eigenvalue weighted by Gasteiger charge is 2.20. The second kappa shape index (κ2) is 12.6. The van der Waals surface area contributed by atoms with Crippen molar-refractivity contribution in [3.05, 3.63) is 89.7 Å². The van der Waals surface area contributed by atoms with E-state index in [9.17, 15) is 14.0 Å². The van der Waals surface area contributed by atoms with Crippen molar-refractivity contribution in [2.45, 2.75) is 39.2 Å². The molecule has 1 fully saturated rings. The summed E-state index contributed by atoms with van der Waals surface area (Å²) in [5.74, 6) is -0.270. The van der Waals surface area contributed by atoms with Crippen LogP contribution in [0.4, 0.5) is 10.1 Å². The van der Waals surface area contributed by atoms with E-state index in [1.54, 1.807) is 17.0 Å². The van der Waals surface area contributed by atoms with Crippen LogP contribution in [-0.4, -0.2) is 54.8 Å². The fraction of sp³-hybridized carbons (Fsp3) is 0.355. The Labute approximate surface area is 219 Å². The molecule has 5 nitrogen and oxygen atoms in total. The van der Waals surface area contributed by atoms with Crippen molar-refractivity contribution in [2.24, 2.45) is 0 Å². The Morgan fingerprint density at radius 2 is 1.51 bits per heavy atom. The molecule has 1 aliphatic rings. The van der Waals surface area contributed by atoms with Crippen LogP contribution < -0.4 is 4.90 Å². The Balaban J connectivity index is 1.44. The summed E-state index contributed by atoms with van der Waals surface area (Å²) in [6.45, 7) is 5.80. The fourth-order valence-electron chi connectivity index (χ4n) is 4.61. The molecule has 0 unspecified atom stereocenters. The van der Waals surface area contributed by atoms with Crippen LogP contribution >= 0.6 is 0 Å². The third-order valence-corrected chi connectivity index (χ3v) is 6.97. The number of halogens is 1. The number of carbonyl (C=O) groups is 2. The largest absolute Gasteiger partial charge is 0.336 e. The topological polar surface area (TPSA) is 43.9 Å². The van der Waals surface area contributed by atoms with Crippen LogP contribution in [0.5, 0.6) is 0 Å². The van der Waals surface area contributed by atoms with Crippen LogP contribution in [0.15, 0.2) is 72.8 Å². The molecule has 0 saturated carbocycles. The molecule has 0 radical (unpaired) electrons. The summed E-state index contributed by atoms with van der Waals surface area (Å²) in [4.78, 5) is 31.7. The molecule has 1 aliphatic heterocycles. The van der Waals surface area contributed by atoms with Crippen molar-refractivity contribution in [3.63, 3.8) is 0 Å². The van der Waals surface area contributed by atoms with Crippen molar-refractivity contribution in [3.8, 4) is 11.1 Å². The third-order valence-electron chi connectivity index (χ3n) is 6.97. The second-order valence-electron chi connectivity index (χ2n) is 9.79. The minimum Gasteiger partial charge on any atom is -0.336 e. The molecule has 0 aromatic heterocycles. The third kappa shape index (κ3) is 7.04. The number of nitrogens with zero attached hydrogens (tertiary/aromatic N) is 3. The average Bonchev–Trinajstić information content (AvgIpc) is 2.92. The molecule has 0 spiro atoms. The first kappa shape index (κ1) is 26.6. The Bertz CT molecular complexity index is 1190. The second-order valence-corrected chi connectivity index (χ2v) is 9.79. The van der Waals surface area contributed by atoms with Gasteiger partial charge < -0.3 is 14.7 Å². The summed E-state index contributed by atoms with van der Waals surface area (Å²) >= 11 is 0. The van der Waals surface area contributed by atoms with E-state index in [0.29, 0.717) is 24.2 Å². The van der Waals surface area contributed by atoms with E-state index in [0.717, 1.165) is 62.1 Å². The molecule has 3 aromatic carbocycles. The molecule has 3 aromatic rings. The van der Waals surface area contributed by atoms with Crippen molar-refractivity contribution < 1.29 is 14.0 Å². The molecule has 1 saturated heterocycles. The number of benzene rings is 3. The molecule has 0 N–H and O–H groups in total. The van der Waals surface area contributed by atoms with Crippen LogP contribution in [0.1, 0.15) is 48.5 Å². The van der Waals surface area contributed by atoms with Gasteiger partial charge in [-0.05, 0) is 60.5 Å². The lowest BCUT2D eigenvalue weighted by Crippen LogP contribution is -2.47. The molecule has 194 valence electrons. The summed E-state index contributed by atoms with van der Waals surface area (Å²) in [5, 5.41) is 0. The van der Waals surface area contributed by atoms with E-state index in [1.807, 2.05) is 53.4 Å². The first-order valence-electron chi connectivity index (χ1n) is 13.2. The number of rotatable bonds is 9. The number of unbranched alkanes of at least 4 members (excludes halogenated alkanes) is 2. The fourth-order valence-corrected chi connectivity index (χ4v) is 4.61. The molecular weight excluding hydrogens is 465 g/mol. The van der Waals surface area contributed by atoms with E-state index in [4.69, 9.17) is 0 Å². The zero-order valence-electron chi connectivity index (χ0n) is 21.8. The molecule has 0 atom stereocenters. The van der Waals surface area contributed by atoms with Crippen LogP contribution in [0.2, 0.25) is 0 Å². The Kier molecular flexibility index (Phi) is 9.07. The summed E-state index contributed by atoms with van der Waals surface area (Å²) in [5.41, 5.74) is 4.31. The quantitative estimate of drug-likeness (QED) is 0.338. The van der Waals surface area contributed by atoms with Crippen LogP contribution in [0.3, 0.4) is 0 Å².